The van der Waals surface area contributed by atoms with Gasteiger partial charge in [-0.1, -0.05) is 25.9 Å². The minimum Gasteiger partial charge on any atom is -0.383 e. The molecular formula is C14H27N3O2. The maximum atomic E-state index is 5.38. The van der Waals surface area contributed by atoms with Crippen LogP contribution < -0.4 is 5.32 Å². The minimum atomic E-state index is 0.626. The Bertz CT molecular complexity index is 339. The quantitative estimate of drug-likeness (QED) is 0.703. The molecule has 5 nitrogen and oxygen atoms in total. The summed E-state index contributed by atoms with van der Waals surface area (Å²) in [5.41, 5.74) is 0.966. The highest BCUT2D eigenvalue weighted by molar-refractivity contribution is 5.05. The van der Waals surface area contributed by atoms with Crippen LogP contribution in [-0.2, 0) is 17.8 Å². The Hall–Kier alpha value is -0.910. The van der Waals surface area contributed by atoms with Crippen molar-refractivity contribution in [1.82, 2.24) is 15.4 Å². The van der Waals surface area contributed by atoms with Gasteiger partial charge in [-0.25, -0.2) is 0 Å². The molecule has 0 atom stereocenters. The van der Waals surface area contributed by atoms with Crippen molar-refractivity contribution in [3.8, 4) is 0 Å². The molecule has 0 fully saturated rings. The summed E-state index contributed by atoms with van der Waals surface area (Å²) in [6.07, 6.45) is 0. The first-order valence-electron chi connectivity index (χ1n) is 7.02. The van der Waals surface area contributed by atoms with Crippen LogP contribution in [0.15, 0.2) is 10.6 Å². The molecule has 0 radical (unpaired) electrons. The molecule has 1 N–H and O–H groups in total. The largest absolute Gasteiger partial charge is 0.383 e. The third-order valence-electron chi connectivity index (χ3n) is 2.78. The van der Waals surface area contributed by atoms with Gasteiger partial charge in [-0.3, -0.25) is 4.90 Å². The van der Waals surface area contributed by atoms with Crippen LogP contribution in [0.1, 0.15) is 32.2 Å². The van der Waals surface area contributed by atoms with E-state index in [1.807, 2.05) is 6.07 Å². The average Bonchev–Trinajstić information content (AvgIpc) is 2.80. The lowest BCUT2D eigenvalue weighted by atomic mass is 10.2. The Morgan fingerprint density at radius 3 is 2.89 bits per heavy atom. The van der Waals surface area contributed by atoms with Crippen LogP contribution >= 0.6 is 0 Å². The topological polar surface area (TPSA) is 50.5 Å². The van der Waals surface area contributed by atoms with E-state index in [0.717, 1.165) is 50.8 Å². The summed E-state index contributed by atoms with van der Waals surface area (Å²) < 4.78 is 10.5. The van der Waals surface area contributed by atoms with E-state index >= 15 is 0 Å². The number of ether oxygens (including phenoxy) is 1. The Labute approximate surface area is 116 Å². The Kier molecular flexibility index (Phi) is 7.70. The van der Waals surface area contributed by atoms with Crippen molar-refractivity contribution in [3.63, 3.8) is 0 Å². The van der Waals surface area contributed by atoms with E-state index < -0.39 is 0 Å². The SMILES string of the molecule is CCNCc1cc(CN(CCOC)CC(C)C)on1. The first-order valence-corrected chi connectivity index (χ1v) is 7.02. The third kappa shape index (κ3) is 6.71. The second kappa shape index (κ2) is 9.07. The second-order valence-electron chi connectivity index (χ2n) is 5.19. The number of nitrogens with one attached hydrogen (secondary N) is 1. The molecule has 0 aliphatic heterocycles. The van der Waals surface area contributed by atoms with E-state index in [1.165, 1.54) is 0 Å². The average molecular weight is 269 g/mol. The number of hydrogen-bond donors (Lipinski definition) is 1. The molecule has 1 aromatic rings. The summed E-state index contributed by atoms with van der Waals surface area (Å²) in [7, 11) is 1.73. The summed E-state index contributed by atoms with van der Waals surface area (Å²) in [5.74, 6) is 1.55. The summed E-state index contributed by atoms with van der Waals surface area (Å²) in [4.78, 5) is 2.34. The first-order chi connectivity index (χ1) is 9.15. The molecule has 110 valence electrons. The van der Waals surface area contributed by atoms with Gasteiger partial charge in [0.1, 0.15) is 0 Å². The van der Waals surface area contributed by atoms with E-state index in [2.05, 4.69) is 36.1 Å². The predicted octanol–water partition coefficient (Wildman–Crippen LogP) is 1.89. The minimum absolute atomic E-state index is 0.626. The van der Waals surface area contributed by atoms with Crippen LogP contribution in [0.2, 0.25) is 0 Å². The van der Waals surface area contributed by atoms with Gasteiger partial charge >= 0.3 is 0 Å². The Morgan fingerprint density at radius 1 is 1.47 bits per heavy atom. The van der Waals surface area contributed by atoms with E-state index in [4.69, 9.17) is 9.26 Å². The highest BCUT2D eigenvalue weighted by Crippen LogP contribution is 2.09. The lowest BCUT2D eigenvalue weighted by Gasteiger charge is -2.22. The van der Waals surface area contributed by atoms with Crippen LogP contribution in [0.4, 0.5) is 0 Å². The van der Waals surface area contributed by atoms with Crippen molar-refractivity contribution in [1.29, 1.82) is 0 Å². The van der Waals surface area contributed by atoms with E-state index in [1.54, 1.807) is 7.11 Å². The highest BCUT2D eigenvalue weighted by atomic mass is 16.5. The molecule has 0 unspecified atom stereocenters. The Balaban J connectivity index is 2.49. The molecule has 1 heterocycles. The number of nitrogens with zero attached hydrogens (tertiary/aromatic N) is 2. The molecular weight excluding hydrogens is 242 g/mol. The zero-order chi connectivity index (χ0) is 14.1. The van der Waals surface area contributed by atoms with Crippen LogP contribution in [-0.4, -0.2) is 43.4 Å². The number of methoxy groups -OCH3 is 1. The number of rotatable bonds is 10. The Morgan fingerprint density at radius 2 is 2.26 bits per heavy atom. The van der Waals surface area contributed by atoms with Crippen molar-refractivity contribution in [3.05, 3.63) is 17.5 Å². The highest BCUT2D eigenvalue weighted by Gasteiger charge is 2.11. The van der Waals surface area contributed by atoms with Gasteiger partial charge in [0.15, 0.2) is 5.76 Å². The van der Waals surface area contributed by atoms with Crippen molar-refractivity contribution in [2.75, 3.05) is 33.4 Å². The van der Waals surface area contributed by atoms with Crippen molar-refractivity contribution >= 4 is 0 Å². The molecule has 0 bridgehead atoms. The second-order valence-corrected chi connectivity index (χ2v) is 5.19. The summed E-state index contributed by atoms with van der Waals surface area (Å²) in [6, 6.07) is 2.03. The number of aromatic nitrogens is 1. The van der Waals surface area contributed by atoms with Gasteiger partial charge in [-0.15, -0.1) is 0 Å². The van der Waals surface area contributed by atoms with Gasteiger partial charge in [-0.05, 0) is 12.5 Å². The third-order valence-corrected chi connectivity index (χ3v) is 2.78. The van der Waals surface area contributed by atoms with Gasteiger partial charge in [-0.2, -0.15) is 0 Å². The zero-order valence-electron chi connectivity index (χ0n) is 12.6. The van der Waals surface area contributed by atoms with Crippen LogP contribution in [0, 0.1) is 5.92 Å². The number of hydrogen-bond acceptors (Lipinski definition) is 5. The molecule has 0 aliphatic rings. The standard InChI is InChI=1S/C14H27N3O2/c1-5-15-9-13-8-14(19-16-13)11-17(6-7-18-4)10-12(2)3/h8,12,15H,5-7,9-11H2,1-4H3. The van der Waals surface area contributed by atoms with Crippen LogP contribution in [0.25, 0.3) is 0 Å². The van der Waals surface area contributed by atoms with E-state index in [9.17, 15) is 0 Å². The van der Waals surface area contributed by atoms with Gasteiger partial charge < -0.3 is 14.6 Å². The van der Waals surface area contributed by atoms with Crippen molar-refractivity contribution < 1.29 is 9.26 Å². The van der Waals surface area contributed by atoms with E-state index in [0.29, 0.717) is 5.92 Å². The van der Waals surface area contributed by atoms with Crippen LogP contribution in [0.3, 0.4) is 0 Å². The van der Waals surface area contributed by atoms with Gasteiger partial charge in [0.2, 0.25) is 0 Å². The van der Waals surface area contributed by atoms with Gasteiger partial charge in [0.05, 0.1) is 18.8 Å². The lowest BCUT2D eigenvalue weighted by Crippen LogP contribution is -2.30. The molecule has 19 heavy (non-hydrogen) atoms. The molecule has 0 saturated heterocycles. The fraction of sp³-hybridized carbons (Fsp3) is 0.786. The molecule has 5 heteroatoms. The molecule has 0 aliphatic carbocycles. The van der Waals surface area contributed by atoms with Crippen molar-refractivity contribution in [2.45, 2.75) is 33.9 Å². The van der Waals surface area contributed by atoms with Crippen molar-refractivity contribution in [2.24, 2.45) is 5.92 Å². The summed E-state index contributed by atoms with van der Waals surface area (Å²) >= 11 is 0. The lowest BCUT2D eigenvalue weighted by molar-refractivity contribution is 0.129. The summed E-state index contributed by atoms with van der Waals surface area (Å²) in [6.45, 7) is 11.7. The molecule has 1 rings (SSSR count). The zero-order valence-corrected chi connectivity index (χ0v) is 12.6. The van der Waals surface area contributed by atoms with E-state index in [-0.39, 0.29) is 0 Å². The maximum Gasteiger partial charge on any atom is 0.151 e. The molecule has 0 spiro atoms. The molecule has 0 amide bonds. The summed E-state index contributed by atoms with van der Waals surface area (Å²) in [5, 5.41) is 7.31. The maximum absolute atomic E-state index is 5.38. The fourth-order valence-corrected chi connectivity index (χ4v) is 1.96. The van der Waals surface area contributed by atoms with Crippen LogP contribution in [0.5, 0.6) is 0 Å². The molecule has 1 aromatic heterocycles. The van der Waals surface area contributed by atoms with Gasteiger partial charge in [0, 0.05) is 32.8 Å². The molecule has 0 saturated carbocycles. The normalized spacial score (nSPS) is 11.7. The predicted molar refractivity (Wildman–Crippen MR) is 75.9 cm³/mol. The molecule has 0 aromatic carbocycles. The smallest absolute Gasteiger partial charge is 0.151 e. The van der Waals surface area contributed by atoms with Gasteiger partial charge in [0.25, 0.3) is 0 Å². The first kappa shape index (κ1) is 16.1. The fourth-order valence-electron chi connectivity index (χ4n) is 1.96. The monoisotopic (exact) mass is 269 g/mol.